The summed E-state index contributed by atoms with van der Waals surface area (Å²) in [4.78, 5) is 0. The largest absolute Gasteiger partial charge is 0.421 e. The quantitative estimate of drug-likeness (QED) is 0.732. The van der Waals surface area contributed by atoms with Crippen LogP contribution in [0.5, 0.6) is 0 Å². The molecule has 112 valence electrons. The zero-order valence-corrected chi connectivity index (χ0v) is 13.8. The summed E-state index contributed by atoms with van der Waals surface area (Å²) in [6.07, 6.45) is 0.686. The van der Waals surface area contributed by atoms with Gasteiger partial charge >= 0.3 is 0 Å². The molecule has 0 saturated carbocycles. The van der Waals surface area contributed by atoms with E-state index in [1.165, 1.54) is 5.56 Å². The molecule has 3 aromatic rings. The monoisotopic (exact) mass is 357 g/mol. The van der Waals surface area contributed by atoms with Gasteiger partial charge in [-0.05, 0) is 36.8 Å². The summed E-state index contributed by atoms with van der Waals surface area (Å²) in [7, 11) is 0. The second kappa shape index (κ2) is 6.75. The third-order valence-corrected chi connectivity index (χ3v) is 4.18. The van der Waals surface area contributed by atoms with Crippen LogP contribution < -0.4 is 5.32 Å². The molecule has 0 radical (unpaired) electrons. The summed E-state index contributed by atoms with van der Waals surface area (Å²) in [6, 6.07) is 16.0. The van der Waals surface area contributed by atoms with Crippen LogP contribution in [0, 0.1) is 6.92 Å². The first-order valence-corrected chi connectivity index (χ1v) is 7.89. The zero-order chi connectivity index (χ0) is 15.4. The summed E-state index contributed by atoms with van der Waals surface area (Å²) in [5.74, 6) is 1.20. The Morgan fingerprint density at radius 1 is 1.09 bits per heavy atom. The molecule has 0 amide bonds. The highest BCUT2D eigenvalue weighted by atomic mass is 79.9. The van der Waals surface area contributed by atoms with Gasteiger partial charge in [0.2, 0.25) is 11.8 Å². The van der Waals surface area contributed by atoms with E-state index >= 15 is 0 Å². The molecule has 5 heteroatoms. The fourth-order valence-corrected chi connectivity index (χ4v) is 2.45. The van der Waals surface area contributed by atoms with Crippen molar-refractivity contribution < 1.29 is 4.42 Å². The molecule has 3 rings (SSSR count). The Morgan fingerprint density at radius 2 is 1.91 bits per heavy atom. The first-order valence-electron chi connectivity index (χ1n) is 7.10. The van der Waals surface area contributed by atoms with Crippen LogP contribution in [0.25, 0.3) is 11.5 Å². The van der Waals surface area contributed by atoms with E-state index in [1.807, 2.05) is 30.3 Å². The minimum atomic E-state index is 0.564. The maximum atomic E-state index is 5.68. The van der Waals surface area contributed by atoms with E-state index in [9.17, 15) is 0 Å². The van der Waals surface area contributed by atoms with Crippen LogP contribution in [-0.4, -0.2) is 16.7 Å². The van der Waals surface area contributed by atoms with Crippen molar-refractivity contribution >= 4 is 21.6 Å². The topological polar surface area (TPSA) is 51.0 Å². The first kappa shape index (κ1) is 14.8. The Balaban J connectivity index is 1.58. The number of aryl methyl sites for hydroxylation is 1. The van der Waals surface area contributed by atoms with Crippen LogP contribution in [0.15, 0.2) is 57.4 Å². The summed E-state index contributed by atoms with van der Waals surface area (Å²) < 4.78 is 6.78. The number of rotatable bonds is 5. The molecule has 0 fully saturated rings. The van der Waals surface area contributed by atoms with Crippen molar-refractivity contribution in [2.45, 2.75) is 13.3 Å². The maximum absolute atomic E-state index is 5.68. The van der Waals surface area contributed by atoms with E-state index in [4.69, 9.17) is 4.42 Å². The van der Waals surface area contributed by atoms with Gasteiger partial charge < -0.3 is 9.73 Å². The number of anilines is 1. The third-order valence-electron chi connectivity index (χ3n) is 3.33. The van der Waals surface area contributed by atoms with Crippen molar-refractivity contribution in [2.24, 2.45) is 0 Å². The standard InChI is InChI=1S/C17H16BrN3O/c1-12-7-8-14(11-15(12)18)19-10-9-16-20-21-17(22-16)13-5-3-2-4-6-13/h2-8,11,19H,9-10H2,1H3. The zero-order valence-electron chi connectivity index (χ0n) is 12.2. The van der Waals surface area contributed by atoms with E-state index in [1.54, 1.807) is 0 Å². The maximum Gasteiger partial charge on any atom is 0.247 e. The average molecular weight is 358 g/mol. The molecule has 0 aliphatic carbocycles. The lowest BCUT2D eigenvalue weighted by molar-refractivity contribution is 0.509. The van der Waals surface area contributed by atoms with Gasteiger partial charge in [-0.25, -0.2) is 0 Å². The fourth-order valence-electron chi connectivity index (χ4n) is 2.07. The molecule has 0 aliphatic rings. The lowest BCUT2D eigenvalue weighted by Gasteiger charge is -2.06. The van der Waals surface area contributed by atoms with Crippen molar-refractivity contribution in [3.8, 4) is 11.5 Å². The van der Waals surface area contributed by atoms with Crippen molar-refractivity contribution in [1.29, 1.82) is 0 Å². The van der Waals surface area contributed by atoms with Gasteiger partial charge in [-0.1, -0.05) is 40.2 Å². The Morgan fingerprint density at radius 3 is 2.68 bits per heavy atom. The van der Waals surface area contributed by atoms with E-state index in [2.05, 4.69) is 56.6 Å². The minimum Gasteiger partial charge on any atom is -0.421 e. The molecule has 1 heterocycles. The minimum absolute atomic E-state index is 0.564. The van der Waals surface area contributed by atoms with E-state index in [-0.39, 0.29) is 0 Å². The second-order valence-corrected chi connectivity index (χ2v) is 5.86. The van der Waals surface area contributed by atoms with Gasteiger partial charge in [0, 0.05) is 28.7 Å². The summed E-state index contributed by atoms with van der Waals surface area (Å²) in [5, 5.41) is 11.5. The number of hydrogen-bond donors (Lipinski definition) is 1. The van der Waals surface area contributed by atoms with Crippen LogP contribution in [0.2, 0.25) is 0 Å². The molecule has 0 spiro atoms. The SMILES string of the molecule is Cc1ccc(NCCc2nnc(-c3ccccc3)o2)cc1Br. The first-order chi connectivity index (χ1) is 10.7. The smallest absolute Gasteiger partial charge is 0.247 e. The number of halogens is 1. The fraction of sp³-hybridized carbons (Fsp3) is 0.176. The number of hydrogen-bond acceptors (Lipinski definition) is 4. The van der Waals surface area contributed by atoms with Gasteiger partial charge in [0.05, 0.1) is 0 Å². The molecule has 0 saturated heterocycles. The van der Waals surface area contributed by atoms with E-state index < -0.39 is 0 Å². The third kappa shape index (κ3) is 3.54. The molecule has 0 aliphatic heterocycles. The Hall–Kier alpha value is -2.14. The lowest BCUT2D eigenvalue weighted by atomic mass is 10.2. The van der Waals surface area contributed by atoms with Gasteiger partial charge in [-0.2, -0.15) is 0 Å². The average Bonchev–Trinajstić information content (AvgIpc) is 3.01. The van der Waals surface area contributed by atoms with Crippen molar-refractivity contribution in [3.63, 3.8) is 0 Å². The van der Waals surface area contributed by atoms with Gasteiger partial charge in [-0.15, -0.1) is 10.2 Å². The van der Waals surface area contributed by atoms with Crippen LogP contribution in [0.4, 0.5) is 5.69 Å². The van der Waals surface area contributed by atoms with Gasteiger partial charge in [0.15, 0.2) is 0 Å². The Bertz CT molecular complexity index is 756. The summed E-state index contributed by atoms with van der Waals surface area (Å²) in [5.41, 5.74) is 3.23. The molecule has 0 unspecified atom stereocenters. The van der Waals surface area contributed by atoms with E-state index in [0.717, 1.165) is 22.3 Å². The second-order valence-electron chi connectivity index (χ2n) is 5.01. The molecule has 0 bridgehead atoms. The van der Waals surface area contributed by atoms with Crippen molar-refractivity contribution in [3.05, 3.63) is 64.5 Å². The molecule has 0 atom stereocenters. The van der Waals surface area contributed by atoms with Crippen molar-refractivity contribution in [2.75, 3.05) is 11.9 Å². The predicted octanol–water partition coefficient (Wildman–Crippen LogP) is 4.46. The highest BCUT2D eigenvalue weighted by molar-refractivity contribution is 9.10. The predicted molar refractivity (Wildman–Crippen MR) is 90.8 cm³/mol. The molecule has 1 aromatic heterocycles. The van der Waals surface area contributed by atoms with E-state index in [0.29, 0.717) is 18.2 Å². The van der Waals surface area contributed by atoms with Crippen LogP contribution in [0.3, 0.4) is 0 Å². The molecule has 22 heavy (non-hydrogen) atoms. The normalized spacial score (nSPS) is 10.6. The highest BCUT2D eigenvalue weighted by Gasteiger charge is 2.07. The number of aromatic nitrogens is 2. The summed E-state index contributed by atoms with van der Waals surface area (Å²) in [6.45, 7) is 2.81. The molecular formula is C17H16BrN3O. The Labute approximate surface area is 137 Å². The van der Waals surface area contributed by atoms with Crippen LogP contribution in [-0.2, 0) is 6.42 Å². The van der Waals surface area contributed by atoms with Gasteiger partial charge in [0.1, 0.15) is 0 Å². The molecule has 2 aromatic carbocycles. The van der Waals surface area contributed by atoms with Gasteiger partial charge in [0.25, 0.3) is 0 Å². The highest BCUT2D eigenvalue weighted by Crippen LogP contribution is 2.21. The summed E-state index contributed by atoms with van der Waals surface area (Å²) >= 11 is 3.53. The van der Waals surface area contributed by atoms with Crippen LogP contribution in [0.1, 0.15) is 11.5 Å². The molecular weight excluding hydrogens is 342 g/mol. The Kier molecular flexibility index (Phi) is 4.53. The van der Waals surface area contributed by atoms with Crippen LogP contribution >= 0.6 is 15.9 Å². The van der Waals surface area contributed by atoms with Gasteiger partial charge in [-0.3, -0.25) is 0 Å². The number of nitrogens with one attached hydrogen (secondary N) is 1. The number of benzene rings is 2. The lowest BCUT2D eigenvalue weighted by Crippen LogP contribution is -2.05. The molecule has 1 N–H and O–H groups in total. The molecule has 4 nitrogen and oxygen atoms in total. The van der Waals surface area contributed by atoms with Crippen molar-refractivity contribution in [1.82, 2.24) is 10.2 Å². The number of nitrogens with zero attached hydrogens (tertiary/aromatic N) is 2.